The Morgan fingerprint density at radius 3 is 2.67 bits per heavy atom. The van der Waals surface area contributed by atoms with Gasteiger partial charge in [0.05, 0.1) is 12.3 Å². The predicted octanol–water partition coefficient (Wildman–Crippen LogP) is 5.61. The first kappa shape index (κ1) is 20.9. The minimum Gasteiger partial charge on any atom is -0.446 e. The summed E-state index contributed by atoms with van der Waals surface area (Å²) in [6, 6.07) is 13.9. The fraction of sp³-hybridized carbons (Fsp3) is 0.333. The van der Waals surface area contributed by atoms with Crippen LogP contribution >= 0.6 is 27.7 Å². The number of hydrogen-bond donors (Lipinski definition) is 0. The van der Waals surface area contributed by atoms with Crippen molar-refractivity contribution in [3.05, 3.63) is 64.4 Å². The lowest BCUT2D eigenvalue weighted by atomic mass is 10.1. The van der Waals surface area contributed by atoms with E-state index in [4.69, 9.17) is 8.94 Å². The number of benzene rings is 1. The van der Waals surface area contributed by atoms with E-state index in [0.717, 1.165) is 29.4 Å². The molecule has 0 fully saturated rings. The normalized spacial score (nSPS) is 11.5. The van der Waals surface area contributed by atoms with Crippen LogP contribution in [0.3, 0.4) is 0 Å². The van der Waals surface area contributed by atoms with E-state index in [-0.39, 0.29) is 0 Å². The zero-order valence-electron chi connectivity index (χ0n) is 16.8. The quantitative estimate of drug-likeness (QED) is 0.283. The first-order valence-electron chi connectivity index (χ1n) is 9.75. The van der Waals surface area contributed by atoms with Crippen molar-refractivity contribution in [3.8, 4) is 11.6 Å². The summed E-state index contributed by atoms with van der Waals surface area (Å²) in [5, 5.41) is 13.6. The highest BCUT2D eigenvalue weighted by atomic mass is 79.9. The van der Waals surface area contributed by atoms with Gasteiger partial charge in [0.15, 0.2) is 21.4 Å². The van der Waals surface area contributed by atoms with Crippen LogP contribution in [0.4, 0.5) is 0 Å². The second-order valence-corrected chi connectivity index (χ2v) is 9.03. The maximum atomic E-state index is 5.72. The second kappa shape index (κ2) is 9.61. The molecule has 30 heavy (non-hydrogen) atoms. The van der Waals surface area contributed by atoms with Gasteiger partial charge in [-0.05, 0) is 46.0 Å². The molecule has 0 saturated carbocycles. The van der Waals surface area contributed by atoms with Crippen LogP contribution in [0, 0.1) is 5.92 Å². The molecule has 0 aliphatic rings. The summed E-state index contributed by atoms with van der Waals surface area (Å²) in [7, 11) is 0. The molecule has 4 rings (SSSR count). The van der Waals surface area contributed by atoms with Crippen LogP contribution in [-0.4, -0.2) is 24.9 Å². The number of aromatic nitrogens is 5. The van der Waals surface area contributed by atoms with Crippen LogP contribution in [0.25, 0.3) is 11.6 Å². The summed E-state index contributed by atoms with van der Waals surface area (Å²) in [6.45, 7) is 5.00. The minimum absolute atomic E-state index is 0.531. The molecule has 156 valence electrons. The molecule has 7 nitrogen and oxygen atoms in total. The van der Waals surface area contributed by atoms with E-state index in [2.05, 4.69) is 62.2 Å². The molecule has 0 aliphatic carbocycles. The van der Waals surface area contributed by atoms with Gasteiger partial charge in [-0.15, -0.1) is 10.2 Å². The summed E-state index contributed by atoms with van der Waals surface area (Å²) in [5.41, 5.74) is 1.15. The van der Waals surface area contributed by atoms with Crippen molar-refractivity contribution in [2.24, 2.45) is 5.92 Å². The third kappa shape index (κ3) is 5.20. The Hall–Kier alpha value is -2.39. The van der Waals surface area contributed by atoms with Gasteiger partial charge in [0.25, 0.3) is 0 Å². The summed E-state index contributed by atoms with van der Waals surface area (Å²) in [6.07, 6.45) is 1.87. The third-order valence-corrected chi connectivity index (χ3v) is 5.85. The Balaban J connectivity index is 1.53. The largest absolute Gasteiger partial charge is 0.446 e. The molecular weight excluding hydrogens is 466 g/mol. The molecule has 4 aromatic rings. The molecule has 3 heterocycles. The van der Waals surface area contributed by atoms with E-state index in [9.17, 15) is 0 Å². The maximum Gasteiger partial charge on any atom is 0.237 e. The molecular formula is C21H22BrN5O2S. The summed E-state index contributed by atoms with van der Waals surface area (Å²) < 4.78 is 13.8. The molecule has 0 atom stereocenters. The number of halogens is 1. The molecule has 0 N–H and O–H groups in total. The van der Waals surface area contributed by atoms with E-state index in [1.54, 1.807) is 0 Å². The first-order valence-corrected chi connectivity index (χ1v) is 11.5. The fourth-order valence-electron chi connectivity index (χ4n) is 2.92. The van der Waals surface area contributed by atoms with Crippen molar-refractivity contribution >= 4 is 27.7 Å². The minimum atomic E-state index is 0.531. The van der Waals surface area contributed by atoms with E-state index in [0.29, 0.717) is 40.4 Å². The molecule has 0 saturated heterocycles. The maximum absolute atomic E-state index is 5.72. The lowest BCUT2D eigenvalue weighted by Crippen LogP contribution is -2.04. The Kier molecular flexibility index (Phi) is 6.69. The summed E-state index contributed by atoms with van der Waals surface area (Å²) >= 11 is 4.87. The van der Waals surface area contributed by atoms with Gasteiger partial charge in [0.2, 0.25) is 11.7 Å². The van der Waals surface area contributed by atoms with Crippen LogP contribution < -0.4 is 0 Å². The topological polar surface area (TPSA) is 82.8 Å². The number of aryl methyl sites for hydroxylation is 1. The van der Waals surface area contributed by atoms with Crippen molar-refractivity contribution in [2.45, 2.75) is 44.1 Å². The van der Waals surface area contributed by atoms with E-state index < -0.39 is 0 Å². The Morgan fingerprint density at radius 1 is 1.10 bits per heavy atom. The van der Waals surface area contributed by atoms with Gasteiger partial charge in [-0.3, -0.25) is 4.57 Å². The summed E-state index contributed by atoms with van der Waals surface area (Å²) in [4.78, 5) is 4.50. The van der Waals surface area contributed by atoms with Crippen molar-refractivity contribution in [1.82, 2.24) is 24.9 Å². The Labute approximate surface area is 187 Å². The SMILES string of the molecule is CC(C)CCc1noc(CSc2nnc(-c3ccc(Br)o3)n2Cc2ccccc2)n1. The van der Waals surface area contributed by atoms with Crippen molar-refractivity contribution in [1.29, 1.82) is 0 Å². The van der Waals surface area contributed by atoms with Crippen LogP contribution in [0.15, 0.2) is 61.2 Å². The summed E-state index contributed by atoms with van der Waals surface area (Å²) in [5.74, 6) is 3.82. The van der Waals surface area contributed by atoms with E-state index in [1.807, 2.05) is 34.9 Å². The van der Waals surface area contributed by atoms with Gasteiger partial charge < -0.3 is 8.94 Å². The van der Waals surface area contributed by atoms with Crippen molar-refractivity contribution < 1.29 is 8.94 Å². The average molecular weight is 488 g/mol. The van der Waals surface area contributed by atoms with Gasteiger partial charge in [0, 0.05) is 6.42 Å². The molecule has 0 unspecified atom stereocenters. The standard InChI is InChI=1S/C21H22BrN5O2S/c1-14(2)8-11-18-23-19(29-26-18)13-30-21-25-24-20(16-9-10-17(22)28-16)27(21)12-15-6-4-3-5-7-15/h3-7,9-10,14H,8,11-13H2,1-2H3. The van der Waals surface area contributed by atoms with Crippen LogP contribution in [0.2, 0.25) is 0 Å². The number of furan rings is 1. The highest BCUT2D eigenvalue weighted by Gasteiger charge is 2.19. The van der Waals surface area contributed by atoms with Crippen molar-refractivity contribution in [3.63, 3.8) is 0 Å². The van der Waals surface area contributed by atoms with Crippen molar-refractivity contribution in [2.75, 3.05) is 0 Å². The van der Waals surface area contributed by atoms with Crippen LogP contribution in [0.5, 0.6) is 0 Å². The highest BCUT2D eigenvalue weighted by molar-refractivity contribution is 9.10. The molecule has 0 spiro atoms. The monoisotopic (exact) mass is 487 g/mol. The molecule has 0 aliphatic heterocycles. The van der Waals surface area contributed by atoms with Crippen LogP contribution in [0.1, 0.15) is 37.5 Å². The second-order valence-electron chi connectivity index (χ2n) is 7.31. The molecule has 1 aromatic carbocycles. The fourth-order valence-corrected chi connectivity index (χ4v) is 4.00. The van der Waals surface area contributed by atoms with Crippen LogP contribution in [-0.2, 0) is 18.7 Å². The van der Waals surface area contributed by atoms with Gasteiger partial charge in [-0.1, -0.05) is 61.1 Å². The third-order valence-electron chi connectivity index (χ3n) is 4.47. The number of rotatable bonds is 9. The van der Waals surface area contributed by atoms with E-state index in [1.165, 1.54) is 11.8 Å². The van der Waals surface area contributed by atoms with Gasteiger partial charge >= 0.3 is 0 Å². The number of nitrogens with zero attached hydrogens (tertiary/aromatic N) is 5. The number of hydrogen-bond acceptors (Lipinski definition) is 7. The van der Waals surface area contributed by atoms with Gasteiger partial charge in [-0.25, -0.2) is 0 Å². The molecule has 9 heteroatoms. The van der Waals surface area contributed by atoms with Gasteiger partial charge in [-0.2, -0.15) is 4.98 Å². The molecule has 3 aromatic heterocycles. The first-order chi connectivity index (χ1) is 14.6. The zero-order valence-corrected chi connectivity index (χ0v) is 19.2. The van der Waals surface area contributed by atoms with E-state index >= 15 is 0 Å². The Morgan fingerprint density at radius 2 is 1.93 bits per heavy atom. The average Bonchev–Trinajstić information content (AvgIpc) is 3.46. The molecule has 0 bridgehead atoms. The lowest BCUT2D eigenvalue weighted by molar-refractivity contribution is 0.383. The number of thioether (sulfide) groups is 1. The molecule has 0 amide bonds. The zero-order chi connectivity index (χ0) is 20.9. The smallest absolute Gasteiger partial charge is 0.237 e. The van der Waals surface area contributed by atoms with Gasteiger partial charge in [0.1, 0.15) is 0 Å². The Bertz CT molecular complexity index is 1090. The molecule has 0 radical (unpaired) electrons. The lowest BCUT2D eigenvalue weighted by Gasteiger charge is -2.08. The predicted molar refractivity (Wildman–Crippen MR) is 118 cm³/mol. The highest BCUT2D eigenvalue weighted by Crippen LogP contribution is 2.29.